The number of amidine groups is 1. The van der Waals surface area contributed by atoms with Crippen LogP contribution in [0, 0.1) is 11.3 Å². The molecule has 1 aromatic heterocycles. The van der Waals surface area contributed by atoms with E-state index >= 15 is 0 Å². The van der Waals surface area contributed by atoms with Gasteiger partial charge in [0, 0.05) is 12.0 Å². The zero-order valence-electron chi connectivity index (χ0n) is 14.5. The number of hydrogen-bond donors (Lipinski definition) is 3. The number of nitrogen functional groups attached to an aromatic ring is 1. The second-order valence-corrected chi connectivity index (χ2v) is 6.80. The first-order valence-electron chi connectivity index (χ1n) is 8.78. The van der Waals surface area contributed by atoms with Gasteiger partial charge in [-0.1, -0.05) is 0 Å². The summed E-state index contributed by atoms with van der Waals surface area (Å²) >= 11 is 0. The third kappa shape index (κ3) is 3.84. The summed E-state index contributed by atoms with van der Waals surface area (Å²) in [6.45, 7) is 0. The average Bonchev–Trinajstić information content (AvgIpc) is 3.02. The molecule has 2 aromatic rings. The van der Waals surface area contributed by atoms with E-state index in [1.54, 1.807) is 24.3 Å². The number of benzene rings is 1. The van der Waals surface area contributed by atoms with E-state index in [1.807, 2.05) is 0 Å². The molecule has 0 radical (unpaired) electrons. The van der Waals surface area contributed by atoms with Crippen molar-refractivity contribution in [3.8, 4) is 5.69 Å². The van der Waals surface area contributed by atoms with Crippen LogP contribution >= 0.6 is 0 Å². The monoisotopic (exact) mass is 357 g/mol. The number of nitrogens with zero attached hydrogens (tertiary/aromatic N) is 3. The maximum Gasteiger partial charge on any atom is 0.350 e. The Balaban J connectivity index is 1.69. The summed E-state index contributed by atoms with van der Waals surface area (Å²) in [5.74, 6) is -0.351. The summed E-state index contributed by atoms with van der Waals surface area (Å²) in [7, 11) is 0. The fourth-order valence-electron chi connectivity index (χ4n) is 3.55. The zero-order chi connectivity index (χ0) is 18.7. The maximum atomic E-state index is 12.7. The van der Waals surface area contributed by atoms with E-state index in [0.29, 0.717) is 23.6 Å². The largest absolute Gasteiger partial charge is 0.481 e. The van der Waals surface area contributed by atoms with E-state index < -0.39 is 5.97 Å². The van der Waals surface area contributed by atoms with Crippen molar-refractivity contribution in [3.05, 3.63) is 46.6 Å². The van der Waals surface area contributed by atoms with Crippen molar-refractivity contribution in [1.29, 1.82) is 5.41 Å². The van der Waals surface area contributed by atoms with Gasteiger partial charge in [0.25, 0.3) is 0 Å². The summed E-state index contributed by atoms with van der Waals surface area (Å²) in [6.07, 6.45) is 5.94. The Labute approximate surface area is 150 Å². The minimum absolute atomic E-state index is 0.0146. The van der Waals surface area contributed by atoms with E-state index in [-0.39, 0.29) is 24.0 Å². The Hall–Kier alpha value is -2.90. The Morgan fingerprint density at radius 3 is 2.46 bits per heavy atom. The SMILES string of the molecule is N=C(N)c1ccc(-n2cnn([C@H]3CC[C@H](CCC(=O)O)CC3)c2=O)cc1. The van der Waals surface area contributed by atoms with Crippen LogP contribution in [0.4, 0.5) is 0 Å². The van der Waals surface area contributed by atoms with Gasteiger partial charge in [-0.2, -0.15) is 5.10 Å². The Kier molecular flexibility index (Phi) is 5.20. The van der Waals surface area contributed by atoms with Crippen LogP contribution in [0.5, 0.6) is 0 Å². The van der Waals surface area contributed by atoms with Gasteiger partial charge < -0.3 is 10.8 Å². The molecule has 0 atom stereocenters. The molecular weight excluding hydrogens is 334 g/mol. The third-order valence-electron chi connectivity index (χ3n) is 5.08. The van der Waals surface area contributed by atoms with E-state index in [0.717, 1.165) is 25.7 Å². The van der Waals surface area contributed by atoms with E-state index in [4.69, 9.17) is 16.2 Å². The summed E-state index contributed by atoms with van der Waals surface area (Å²) in [4.78, 5) is 23.4. The fraction of sp³-hybridized carbons (Fsp3) is 0.444. The number of nitrogens with two attached hydrogens (primary N) is 1. The highest BCUT2D eigenvalue weighted by atomic mass is 16.4. The van der Waals surface area contributed by atoms with Crippen LogP contribution in [-0.2, 0) is 4.79 Å². The summed E-state index contributed by atoms with van der Waals surface area (Å²) < 4.78 is 3.02. The highest BCUT2D eigenvalue weighted by Gasteiger charge is 2.25. The van der Waals surface area contributed by atoms with Crippen molar-refractivity contribution in [2.24, 2.45) is 11.7 Å². The minimum Gasteiger partial charge on any atom is -0.481 e. The maximum absolute atomic E-state index is 12.7. The molecule has 26 heavy (non-hydrogen) atoms. The van der Waals surface area contributed by atoms with Gasteiger partial charge in [0.05, 0.1) is 11.7 Å². The molecule has 8 nitrogen and oxygen atoms in total. The first kappa shape index (κ1) is 17.9. The van der Waals surface area contributed by atoms with Crippen LogP contribution in [0.3, 0.4) is 0 Å². The fourth-order valence-corrected chi connectivity index (χ4v) is 3.55. The molecule has 1 heterocycles. The van der Waals surface area contributed by atoms with Gasteiger partial charge in [-0.05, 0) is 62.3 Å². The van der Waals surface area contributed by atoms with Gasteiger partial charge in [0.15, 0.2) is 0 Å². The molecule has 0 spiro atoms. The number of hydrogen-bond acceptors (Lipinski definition) is 4. The molecule has 138 valence electrons. The summed E-state index contributed by atoms with van der Waals surface area (Å²) in [5.41, 5.74) is 6.55. The predicted octanol–water partition coefficient (Wildman–Crippen LogP) is 1.91. The third-order valence-corrected chi connectivity index (χ3v) is 5.08. The molecule has 8 heteroatoms. The van der Waals surface area contributed by atoms with Crippen LogP contribution < -0.4 is 11.4 Å². The predicted molar refractivity (Wildman–Crippen MR) is 96.7 cm³/mol. The molecule has 1 saturated carbocycles. The van der Waals surface area contributed by atoms with Crippen LogP contribution in [0.15, 0.2) is 35.4 Å². The molecule has 0 bridgehead atoms. The lowest BCUT2D eigenvalue weighted by atomic mass is 9.83. The number of rotatable bonds is 6. The van der Waals surface area contributed by atoms with Gasteiger partial charge in [-0.25, -0.2) is 14.0 Å². The first-order valence-corrected chi connectivity index (χ1v) is 8.78. The van der Waals surface area contributed by atoms with E-state index in [1.165, 1.54) is 15.6 Å². The molecule has 1 aliphatic carbocycles. The molecule has 1 aliphatic rings. The molecule has 0 unspecified atom stereocenters. The molecule has 1 fully saturated rings. The smallest absolute Gasteiger partial charge is 0.350 e. The normalized spacial score (nSPS) is 20.0. The molecule has 1 aromatic carbocycles. The van der Waals surface area contributed by atoms with Gasteiger partial charge in [0.1, 0.15) is 12.2 Å². The van der Waals surface area contributed by atoms with Gasteiger partial charge in [0.2, 0.25) is 0 Å². The van der Waals surface area contributed by atoms with Gasteiger partial charge in [-0.15, -0.1) is 0 Å². The van der Waals surface area contributed by atoms with Gasteiger partial charge >= 0.3 is 11.7 Å². The lowest BCUT2D eigenvalue weighted by molar-refractivity contribution is -0.137. The molecule has 0 amide bonds. The average molecular weight is 357 g/mol. The summed E-state index contributed by atoms with van der Waals surface area (Å²) in [5, 5.41) is 20.5. The number of nitrogens with one attached hydrogen (secondary N) is 1. The molecule has 3 rings (SSSR count). The topological polar surface area (TPSA) is 127 Å². The van der Waals surface area contributed by atoms with Crippen molar-refractivity contribution in [1.82, 2.24) is 14.3 Å². The lowest BCUT2D eigenvalue weighted by Gasteiger charge is -2.27. The van der Waals surface area contributed by atoms with Crippen LogP contribution in [-0.4, -0.2) is 31.3 Å². The summed E-state index contributed by atoms with van der Waals surface area (Å²) in [6, 6.07) is 6.95. The molecule has 0 aliphatic heterocycles. The van der Waals surface area contributed by atoms with Crippen molar-refractivity contribution in [2.45, 2.75) is 44.6 Å². The standard InChI is InChI=1S/C18H23N5O3/c19-17(20)13-4-8-14(9-5-13)22-11-21-23(18(22)26)15-6-1-12(2-7-15)3-10-16(24)25/h4-5,8-9,11-12,15H,1-3,6-7,10H2,(H3,19,20)(H,24,25)/t12-,15-. The molecule has 4 N–H and O–H groups in total. The second kappa shape index (κ2) is 7.55. The quantitative estimate of drug-likeness (QED) is 0.537. The highest BCUT2D eigenvalue weighted by molar-refractivity contribution is 5.95. The zero-order valence-corrected chi connectivity index (χ0v) is 14.5. The number of carbonyl (C=O) groups is 1. The number of aliphatic carboxylic acids is 1. The second-order valence-electron chi connectivity index (χ2n) is 6.80. The van der Waals surface area contributed by atoms with Crippen molar-refractivity contribution >= 4 is 11.8 Å². The van der Waals surface area contributed by atoms with Crippen molar-refractivity contribution in [3.63, 3.8) is 0 Å². The number of aromatic nitrogens is 3. The Bertz CT molecular complexity index is 844. The first-order chi connectivity index (χ1) is 12.5. The van der Waals surface area contributed by atoms with Crippen LogP contribution in [0.1, 0.15) is 50.1 Å². The van der Waals surface area contributed by atoms with E-state index in [2.05, 4.69) is 5.10 Å². The molecular formula is C18H23N5O3. The minimum atomic E-state index is -0.752. The molecule has 0 saturated heterocycles. The van der Waals surface area contributed by atoms with Gasteiger partial charge in [-0.3, -0.25) is 10.2 Å². The highest BCUT2D eigenvalue weighted by Crippen LogP contribution is 2.33. The number of carboxylic acids is 1. The lowest BCUT2D eigenvalue weighted by Crippen LogP contribution is -2.30. The van der Waals surface area contributed by atoms with Crippen LogP contribution in [0.25, 0.3) is 5.69 Å². The Morgan fingerprint density at radius 1 is 1.23 bits per heavy atom. The van der Waals surface area contributed by atoms with Crippen LogP contribution in [0.2, 0.25) is 0 Å². The van der Waals surface area contributed by atoms with Crippen molar-refractivity contribution in [2.75, 3.05) is 0 Å². The van der Waals surface area contributed by atoms with Crippen molar-refractivity contribution < 1.29 is 9.90 Å². The van der Waals surface area contributed by atoms with E-state index in [9.17, 15) is 9.59 Å². The number of carboxylic acid groups (broad SMARTS) is 1. The Morgan fingerprint density at radius 2 is 1.88 bits per heavy atom.